The first kappa shape index (κ1) is 20.5. The highest BCUT2D eigenvalue weighted by molar-refractivity contribution is 14.1. The number of halogens is 2. The Morgan fingerprint density at radius 2 is 1.18 bits per heavy atom. The van der Waals surface area contributed by atoms with Crippen molar-refractivity contribution in [2.45, 2.75) is 0 Å². The highest BCUT2D eigenvalue weighted by Gasteiger charge is 2.19. The van der Waals surface area contributed by atoms with Gasteiger partial charge in [0.05, 0.1) is 11.0 Å². The maximum absolute atomic E-state index is 4.95. The zero-order chi connectivity index (χ0) is 22.4. The largest absolute Gasteiger partial charge is 0.278 e. The predicted octanol–water partition coefficient (Wildman–Crippen LogP) is 7.67. The summed E-state index contributed by atoms with van der Waals surface area (Å²) in [6.07, 6.45) is 0. The van der Waals surface area contributed by atoms with Gasteiger partial charge in [0.2, 0.25) is 5.95 Å². The molecule has 0 aliphatic heterocycles. The fraction of sp³-hybridized carbons (Fsp3) is 0. The van der Waals surface area contributed by atoms with E-state index >= 15 is 0 Å². The van der Waals surface area contributed by atoms with E-state index < -0.39 is 0 Å². The van der Waals surface area contributed by atoms with E-state index in [-0.39, 0.29) is 0 Å². The highest BCUT2D eigenvalue weighted by Crippen LogP contribution is 2.37. The quantitative estimate of drug-likeness (QED) is 0.195. The number of hydrogen-bond donors (Lipinski definition) is 0. The van der Waals surface area contributed by atoms with Crippen LogP contribution in [0.1, 0.15) is 0 Å². The Morgan fingerprint density at radius 1 is 0.606 bits per heavy atom. The molecule has 6 aromatic rings. The van der Waals surface area contributed by atoms with Gasteiger partial charge in [0.15, 0.2) is 11.6 Å². The highest BCUT2D eigenvalue weighted by atomic mass is 127. The monoisotopic (exact) mass is 602 g/mol. The Morgan fingerprint density at radius 3 is 1.82 bits per heavy atom. The van der Waals surface area contributed by atoms with Crippen LogP contribution >= 0.6 is 38.5 Å². The van der Waals surface area contributed by atoms with E-state index in [0.717, 1.165) is 26.6 Å². The molecule has 0 bridgehead atoms. The molecule has 6 rings (SSSR count). The fourth-order valence-corrected chi connectivity index (χ4v) is 5.18. The van der Waals surface area contributed by atoms with Crippen molar-refractivity contribution in [3.8, 4) is 28.7 Å². The molecule has 6 heteroatoms. The van der Waals surface area contributed by atoms with Crippen LogP contribution in [0, 0.1) is 3.57 Å². The summed E-state index contributed by atoms with van der Waals surface area (Å²) in [6, 6.07) is 32.7. The van der Waals surface area contributed by atoms with E-state index in [9.17, 15) is 0 Å². The van der Waals surface area contributed by atoms with Crippen LogP contribution in [-0.4, -0.2) is 19.5 Å². The summed E-state index contributed by atoms with van der Waals surface area (Å²) >= 11 is 6.10. The molecule has 4 nitrogen and oxygen atoms in total. The van der Waals surface area contributed by atoms with Gasteiger partial charge >= 0.3 is 0 Å². The average molecular weight is 603 g/mol. The van der Waals surface area contributed by atoms with Crippen molar-refractivity contribution in [2.24, 2.45) is 0 Å². The maximum atomic E-state index is 4.95. The SMILES string of the molecule is Brc1ccc2c(c1I)c1ccccc1n2-c1nc(-c2ccccc2)nc(-c2ccccc2)n1. The Bertz CT molecular complexity index is 1570. The summed E-state index contributed by atoms with van der Waals surface area (Å²) in [6.45, 7) is 0. The molecule has 0 radical (unpaired) electrons. The van der Waals surface area contributed by atoms with Gasteiger partial charge in [-0.05, 0) is 56.7 Å². The zero-order valence-electron chi connectivity index (χ0n) is 17.3. The van der Waals surface area contributed by atoms with E-state index in [2.05, 4.69) is 79.5 Å². The maximum Gasteiger partial charge on any atom is 0.238 e. The van der Waals surface area contributed by atoms with Crippen LogP contribution < -0.4 is 0 Å². The van der Waals surface area contributed by atoms with Gasteiger partial charge in [-0.25, -0.2) is 4.98 Å². The lowest BCUT2D eigenvalue weighted by molar-refractivity contribution is 0.953. The smallest absolute Gasteiger partial charge is 0.238 e. The molecule has 0 amide bonds. The number of nitrogens with zero attached hydrogens (tertiary/aromatic N) is 4. The zero-order valence-corrected chi connectivity index (χ0v) is 21.0. The van der Waals surface area contributed by atoms with Crippen molar-refractivity contribution in [2.75, 3.05) is 0 Å². The molecule has 0 fully saturated rings. The van der Waals surface area contributed by atoms with Crippen LogP contribution in [0.4, 0.5) is 0 Å². The first-order valence-electron chi connectivity index (χ1n) is 10.4. The van der Waals surface area contributed by atoms with Crippen molar-refractivity contribution in [1.29, 1.82) is 0 Å². The lowest BCUT2D eigenvalue weighted by Gasteiger charge is -2.11. The molecule has 0 N–H and O–H groups in total. The average Bonchev–Trinajstić information content (AvgIpc) is 3.22. The van der Waals surface area contributed by atoms with Crippen LogP contribution in [0.5, 0.6) is 0 Å². The molecule has 0 atom stereocenters. The molecular formula is C27H16BrIN4. The van der Waals surface area contributed by atoms with Crippen molar-refractivity contribution in [3.05, 3.63) is 105 Å². The second kappa shape index (κ2) is 8.35. The second-order valence-electron chi connectivity index (χ2n) is 7.62. The van der Waals surface area contributed by atoms with Crippen LogP contribution in [0.3, 0.4) is 0 Å². The van der Waals surface area contributed by atoms with Gasteiger partial charge in [-0.15, -0.1) is 0 Å². The Labute approximate surface area is 212 Å². The van der Waals surface area contributed by atoms with Crippen LogP contribution in [-0.2, 0) is 0 Å². The number of benzene rings is 4. The van der Waals surface area contributed by atoms with Crippen molar-refractivity contribution in [1.82, 2.24) is 19.5 Å². The number of fused-ring (bicyclic) bond motifs is 3. The Hall–Kier alpha value is -3.10. The minimum absolute atomic E-state index is 0.604. The van der Waals surface area contributed by atoms with Crippen LogP contribution in [0.25, 0.3) is 50.5 Å². The molecule has 0 saturated heterocycles. The first-order chi connectivity index (χ1) is 16.2. The summed E-state index contributed by atoms with van der Waals surface area (Å²) in [5, 5.41) is 2.35. The van der Waals surface area contributed by atoms with E-state index in [4.69, 9.17) is 15.0 Å². The van der Waals surface area contributed by atoms with Crippen LogP contribution in [0.15, 0.2) is 102 Å². The molecule has 2 heterocycles. The Kier molecular flexibility index (Phi) is 5.19. The molecule has 0 unspecified atom stereocenters. The lowest BCUT2D eigenvalue weighted by Crippen LogP contribution is -2.06. The summed E-state index contributed by atoms with van der Waals surface area (Å²) in [7, 11) is 0. The summed E-state index contributed by atoms with van der Waals surface area (Å²) < 4.78 is 4.38. The second-order valence-corrected chi connectivity index (χ2v) is 9.56. The van der Waals surface area contributed by atoms with E-state index in [0.29, 0.717) is 17.6 Å². The van der Waals surface area contributed by atoms with Gasteiger partial charge in [0.25, 0.3) is 0 Å². The fourth-order valence-electron chi connectivity index (χ4n) is 4.11. The predicted molar refractivity (Wildman–Crippen MR) is 145 cm³/mol. The van der Waals surface area contributed by atoms with E-state index in [1.807, 2.05) is 60.7 Å². The van der Waals surface area contributed by atoms with Gasteiger partial charge in [-0.1, -0.05) is 78.9 Å². The Balaban J connectivity index is 1.71. The summed E-state index contributed by atoms with van der Waals surface area (Å²) in [5.41, 5.74) is 4.04. The van der Waals surface area contributed by atoms with Crippen LogP contribution in [0.2, 0.25) is 0 Å². The third kappa shape index (κ3) is 3.54. The first-order valence-corrected chi connectivity index (χ1v) is 12.3. The molecule has 4 aromatic carbocycles. The van der Waals surface area contributed by atoms with Crippen molar-refractivity contribution < 1.29 is 0 Å². The lowest BCUT2D eigenvalue weighted by atomic mass is 10.2. The minimum atomic E-state index is 0.604. The van der Waals surface area contributed by atoms with Gasteiger partial charge in [0.1, 0.15) is 0 Å². The van der Waals surface area contributed by atoms with Crippen molar-refractivity contribution >= 4 is 60.3 Å². The van der Waals surface area contributed by atoms with Gasteiger partial charge < -0.3 is 0 Å². The van der Waals surface area contributed by atoms with E-state index in [1.165, 1.54) is 14.3 Å². The molecule has 158 valence electrons. The molecule has 0 aliphatic carbocycles. The summed E-state index contributed by atoms with van der Waals surface area (Å²) in [5.74, 6) is 1.90. The number of aromatic nitrogens is 4. The molecular weight excluding hydrogens is 587 g/mol. The topological polar surface area (TPSA) is 43.6 Å². The summed E-state index contributed by atoms with van der Waals surface area (Å²) in [4.78, 5) is 14.7. The third-order valence-corrected chi connectivity index (χ3v) is 8.14. The number of hydrogen-bond acceptors (Lipinski definition) is 3. The molecule has 2 aromatic heterocycles. The molecule has 0 aliphatic rings. The molecule has 0 spiro atoms. The van der Waals surface area contributed by atoms with Gasteiger partial charge in [-0.3, -0.25) is 4.57 Å². The molecule has 33 heavy (non-hydrogen) atoms. The van der Waals surface area contributed by atoms with Crippen molar-refractivity contribution in [3.63, 3.8) is 0 Å². The standard InChI is InChI=1S/C27H16BrIN4/c28-20-15-16-22-23(24(20)29)19-13-7-8-14-21(19)33(22)27-31-25(17-9-3-1-4-10-17)30-26(32-27)18-11-5-2-6-12-18/h1-16H. The van der Waals surface area contributed by atoms with Gasteiger partial charge in [0, 0.05) is 29.9 Å². The number of para-hydroxylation sites is 1. The molecule has 0 saturated carbocycles. The third-order valence-electron chi connectivity index (χ3n) is 5.62. The minimum Gasteiger partial charge on any atom is -0.278 e. The van der Waals surface area contributed by atoms with E-state index in [1.54, 1.807) is 0 Å². The number of rotatable bonds is 3. The normalized spacial score (nSPS) is 11.3. The van der Waals surface area contributed by atoms with Gasteiger partial charge in [-0.2, -0.15) is 9.97 Å².